The quantitative estimate of drug-likeness (QED) is 0.0302. The zero-order valence-electron chi connectivity index (χ0n) is 35.6. The molecule has 10 heteroatoms. The lowest BCUT2D eigenvalue weighted by Gasteiger charge is -2.40. The van der Waals surface area contributed by atoms with Gasteiger partial charge in [-0.2, -0.15) is 0 Å². The maximum atomic E-state index is 13.0. The van der Waals surface area contributed by atoms with Crippen LogP contribution in [-0.2, 0) is 14.3 Å². The van der Waals surface area contributed by atoms with Gasteiger partial charge in [-0.05, 0) is 12.8 Å². The summed E-state index contributed by atoms with van der Waals surface area (Å²) in [7, 11) is 0. The normalized spacial score (nSPS) is 21.8. The number of unbranched alkanes of at least 4 members (excludes halogenated alkanes) is 28. The molecule has 55 heavy (non-hydrogen) atoms. The molecule has 1 aliphatic rings. The molecule has 0 saturated carbocycles. The van der Waals surface area contributed by atoms with E-state index < -0.39 is 55.6 Å². The molecule has 1 saturated heterocycles. The fourth-order valence-electron chi connectivity index (χ4n) is 7.73. The Morgan fingerprint density at radius 2 is 0.945 bits per heavy atom. The minimum absolute atomic E-state index is 0.254. The molecule has 1 aliphatic heterocycles. The van der Waals surface area contributed by atoms with Crippen molar-refractivity contribution in [1.29, 1.82) is 0 Å². The largest absolute Gasteiger partial charge is 0.394 e. The summed E-state index contributed by atoms with van der Waals surface area (Å²) in [6, 6.07) is -0.984. The number of nitrogens with one attached hydrogen (secondary N) is 1. The van der Waals surface area contributed by atoms with Gasteiger partial charge in [0.1, 0.15) is 30.5 Å². The number of aliphatic hydroxyl groups excluding tert-OH is 6. The zero-order valence-corrected chi connectivity index (χ0v) is 35.6. The second kappa shape index (κ2) is 36.2. The third-order valence-corrected chi connectivity index (χ3v) is 11.6. The smallest absolute Gasteiger partial charge is 0.220 e. The minimum Gasteiger partial charge on any atom is -0.394 e. The summed E-state index contributed by atoms with van der Waals surface area (Å²) in [6.45, 7) is 3.61. The lowest BCUT2D eigenvalue weighted by atomic mass is 9.98. The Kier molecular flexibility index (Phi) is 34.4. The summed E-state index contributed by atoms with van der Waals surface area (Å²) >= 11 is 0. The second-order valence-corrected chi connectivity index (χ2v) is 16.7. The Morgan fingerprint density at radius 1 is 0.564 bits per heavy atom. The molecule has 0 radical (unpaired) electrons. The monoisotopic (exact) mass is 788 g/mol. The Balaban J connectivity index is 2.36. The van der Waals surface area contributed by atoms with Gasteiger partial charge in [0, 0.05) is 6.42 Å². The van der Waals surface area contributed by atoms with Crippen molar-refractivity contribution in [3.8, 4) is 0 Å². The molecule has 0 aromatic rings. The molecule has 0 bridgehead atoms. The Bertz CT molecular complexity index is 849. The molecular formula is C45H89NO9. The van der Waals surface area contributed by atoms with Gasteiger partial charge in [0.2, 0.25) is 5.91 Å². The molecule has 8 atom stereocenters. The predicted octanol–water partition coefficient (Wildman–Crippen LogP) is 8.53. The SMILES string of the molecule is CCCCCCCCCCCCCCCCCCCCC(=O)N[C@@H](CO[C@@H]1O[C@H](CO)[C@@H](O)C(O)C1O)[C@H](O)[C@H](O)CCCCCCCCCCCCCC. The van der Waals surface area contributed by atoms with E-state index >= 15 is 0 Å². The summed E-state index contributed by atoms with van der Waals surface area (Å²) < 4.78 is 11.2. The van der Waals surface area contributed by atoms with Crippen molar-refractivity contribution in [2.75, 3.05) is 13.2 Å². The van der Waals surface area contributed by atoms with E-state index in [2.05, 4.69) is 19.2 Å². The van der Waals surface area contributed by atoms with Crippen molar-refractivity contribution in [3.63, 3.8) is 0 Å². The van der Waals surface area contributed by atoms with Gasteiger partial charge >= 0.3 is 0 Å². The molecule has 0 aromatic carbocycles. The van der Waals surface area contributed by atoms with Crippen molar-refractivity contribution < 1.29 is 44.9 Å². The molecule has 2 unspecified atom stereocenters. The van der Waals surface area contributed by atoms with Crippen LogP contribution in [0.3, 0.4) is 0 Å². The number of rotatable bonds is 39. The number of carbonyl (C=O) groups excluding carboxylic acids is 1. The lowest BCUT2D eigenvalue weighted by molar-refractivity contribution is -0.303. The van der Waals surface area contributed by atoms with Gasteiger partial charge in [-0.1, -0.05) is 200 Å². The van der Waals surface area contributed by atoms with E-state index in [1.165, 1.54) is 154 Å². The summed E-state index contributed by atoms with van der Waals surface area (Å²) in [5.74, 6) is -0.254. The molecule has 1 fully saturated rings. The summed E-state index contributed by atoms with van der Waals surface area (Å²) in [4.78, 5) is 13.0. The highest BCUT2D eigenvalue weighted by Gasteiger charge is 2.44. The molecule has 0 aromatic heterocycles. The first-order chi connectivity index (χ1) is 26.8. The second-order valence-electron chi connectivity index (χ2n) is 16.7. The molecule has 0 aliphatic carbocycles. The van der Waals surface area contributed by atoms with E-state index in [-0.39, 0.29) is 18.9 Å². The van der Waals surface area contributed by atoms with Crippen LogP contribution in [0.2, 0.25) is 0 Å². The summed E-state index contributed by atoms with van der Waals surface area (Å²) in [6.07, 6.45) is 28.2. The first-order valence-corrected chi connectivity index (χ1v) is 23.3. The van der Waals surface area contributed by atoms with Gasteiger partial charge in [0.15, 0.2) is 6.29 Å². The molecule has 7 N–H and O–H groups in total. The number of ether oxygens (including phenoxy) is 2. The van der Waals surface area contributed by atoms with Crippen molar-refractivity contribution in [1.82, 2.24) is 5.32 Å². The minimum atomic E-state index is -1.60. The highest BCUT2D eigenvalue weighted by Crippen LogP contribution is 2.23. The van der Waals surface area contributed by atoms with Gasteiger partial charge in [0.25, 0.3) is 0 Å². The van der Waals surface area contributed by atoms with Crippen LogP contribution in [0.5, 0.6) is 0 Å². The standard InChI is InChI=1S/C45H89NO9/c1-3-5-7-9-11-13-15-17-18-19-20-21-22-24-26-28-30-32-34-40(49)46-37(36-54-45-44(53)43(52)42(51)39(35-47)55-45)41(50)38(48)33-31-29-27-25-23-16-14-12-10-8-6-4-2/h37-39,41-45,47-48,50-53H,3-36H2,1-2H3,(H,46,49)/t37-,38+,39+,41-,42+,43?,44?,45+/m0/s1. The predicted molar refractivity (Wildman–Crippen MR) is 223 cm³/mol. The van der Waals surface area contributed by atoms with Crippen molar-refractivity contribution in [3.05, 3.63) is 0 Å². The van der Waals surface area contributed by atoms with Crippen molar-refractivity contribution >= 4 is 5.91 Å². The summed E-state index contributed by atoms with van der Waals surface area (Å²) in [5.41, 5.74) is 0. The fourth-order valence-corrected chi connectivity index (χ4v) is 7.73. The number of amides is 1. The van der Waals surface area contributed by atoms with Crippen molar-refractivity contribution in [2.45, 2.75) is 268 Å². The highest BCUT2D eigenvalue weighted by atomic mass is 16.7. The fraction of sp³-hybridized carbons (Fsp3) is 0.978. The summed E-state index contributed by atoms with van der Waals surface area (Å²) in [5, 5.41) is 65.1. The molecule has 0 spiro atoms. The molecule has 1 rings (SSSR count). The van der Waals surface area contributed by atoms with Crippen LogP contribution >= 0.6 is 0 Å². The van der Waals surface area contributed by atoms with E-state index in [0.717, 1.165) is 38.5 Å². The van der Waals surface area contributed by atoms with E-state index in [1.54, 1.807) is 0 Å². The van der Waals surface area contributed by atoms with Crippen LogP contribution in [0.4, 0.5) is 0 Å². The lowest BCUT2D eigenvalue weighted by Crippen LogP contribution is -2.60. The number of hydrogen-bond donors (Lipinski definition) is 7. The Labute approximate surface area is 336 Å². The first kappa shape index (κ1) is 52.2. The topological polar surface area (TPSA) is 169 Å². The average Bonchev–Trinajstić information content (AvgIpc) is 3.18. The van der Waals surface area contributed by atoms with E-state index in [0.29, 0.717) is 6.42 Å². The van der Waals surface area contributed by atoms with Gasteiger partial charge in [-0.15, -0.1) is 0 Å². The van der Waals surface area contributed by atoms with Crippen LogP contribution in [0, 0.1) is 0 Å². The van der Waals surface area contributed by atoms with Gasteiger partial charge in [0.05, 0.1) is 25.4 Å². The number of hydrogen-bond acceptors (Lipinski definition) is 9. The van der Waals surface area contributed by atoms with E-state index in [1.807, 2.05) is 0 Å². The van der Waals surface area contributed by atoms with Gasteiger partial charge in [-0.3, -0.25) is 4.79 Å². The molecule has 10 nitrogen and oxygen atoms in total. The molecular weight excluding hydrogens is 698 g/mol. The van der Waals surface area contributed by atoms with Crippen LogP contribution < -0.4 is 5.32 Å². The van der Waals surface area contributed by atoms with E-state index in [4.69, 9.17) is 9.47 Å². The van der Waals surface area contributed by atoms with E-state index in [9.17, 15) is 35.4 Å². The maximum Gasteiger partial charge on any atom is 0.220 e. The van der Waals surface area contributed by atoms with Crippen molar-refractivity contribution in [2.24, 2.45) is 0 Å². The third-order valence-electron chi connectivity index (χ3n) is 11.6. The third kappa shape index (κ3) is 26.7. The van der Waals surface area contributed by atoms with Gasteiger partial charge < -0.3 is 45.4 Å². The van der Waals surface area contributed by atoms with Gasteiger partial charge in [-0.25, -0.2) is 0 Å². The van der Waals surface area contributed by atoms with Crippen LogP contribution in [0.25, 0.3) is 0 Å². The van der Waals surface area contributed by atoms with Crippen LogP contribution in [0.1, 0.15) is 219 Å². The molecule has 328 valence electrons. The molecule has 1 heterocycles. The number of aliphatic hydroxyl groups is 6. The zero-order chi connectivity index (χ0) is 40.4. The average molecular weight is 788 g/mol. The number of carbonyl (C=O) groups is 1. The molecule has 1 amide bonds. The Hall–Kier alpha value is -0.850. The van der Waals surface area contributed by atoms with Crippen LogP contribution in [-0.4, -0.2) is 98.7 Å². The Morgan fingerprint density at radius 3 is 1.35 bits per heavy atom. The first-order valence-electron chi connectivity index (χ1n) is 23.3. The maximum absolute atomic E-state index is 13.0. The van der Waals surface area contributed by atoms with Crippen LogP contribution in [0.15, 0.2) is 0 Å². The highest BCUT2D eigenvalue weighted by molar-refractivity contribution is 5.76.